The highest BCUT2D eigenvalue weighted by atomic mass is 19.1. The van der Waals surface area contributed by atoms with Crippen LogP contribution in [-0.4, -0.2) is 51.7 Å². The van der Waals surface area contributed by atoms with Gasteiger partial charge in [-0.25, -0.2) is 8.78 Å². The van der Waals surface area contributed by atoms with Crippen LogP contribution < -0.4 is 0 Å². The number of ether oxygens (including phenoxy) is 1. The Labute approximate surface area is 211 Å². The van der Waals surface area contributed by atoms with Gasteiger partial charge in [-0.15, -0.1) is 0 Å². The molecule has 0 unspecified atom stereocenters. The molecule has 6 nitrogen and oxygen atoms in total. The van der Waals surface area contributed by atoms with Gasteiger partial charge in [-0.1, -0.05) is 39.7 Å². The van der Waals surface area contributed by atoms with Crippen LogP contribution in [0.15, 0.2) is 23.6 Å². The molecule has 4 aliphatic carbocycles. The molecule has 0 amide bonds. The average Bonchev–Trinajstić information content (AvgIpc) is 3.04. The monoisotopic (exact) mass is 508 g/mol. The summed E-state index contributed by atoms with van der Waals surface area (Å²) in [6.07, 6.45) is 3.79. The maximum Gasteiger partial charge on any atom is 0.306 e. The Balaban J connectivity index is 1.78. The standard InChI is InChI=1S/C28H38F2O6/c1-5-6-7-8-23(35)36-28(22(34)15-31)16(2)13-19-17-9-10-18-24(29)20(32)11-12-25(18,3)27(17,30)21(33)14-26(19,28)4/h11-12,16-17,19,21,31,33H,5-10,13-15H2,1-4H3/t16-,17+,19+,21+,25+,26+,27+,28-/m1/s1. The first kappa shape index (κ1) is 27.1. The lowest BCUT2D eigenvalue weighted by molar-refractivity contribution is -0.228. The Morgan fingerprint density at radius 3 is 2.56 bits per heavy atom. The van der Waals surface area contributed by atoms with Gasteiger partial charge < -0.3 is 14.9 Å². The second-order valence-corrected chi connectivity index (χ2v) is 11.7. The van der Waals surface area contributed by atoms with Crippen molar-refractivity contribution in [2.45, 2.75) is 96.4 Å². The molecule has 0 saturated heterocycles. The van der Waals surface area contributed by atoms with Gasteiger partial charge in [0, 0.05) is 29.1 Å². The molecule has 0 radical (unpaired) electrons. The zero-order chi connectivity index (χ0) is 26.7. The molecule has 36 heavy (non-hydrogen) atoms. The minimum atomic E-state index is -2.28. The Morgan fingerprint density at radius 1 is 1.22 bits per heavy atom. The van der Waals surface area contributed by atoms with Gasteiger partial charge in [-0.05, 0) is 56.6 Å². The summed E-state index contributed by atoms with van der Waals surface area (Å²) < 4.78 is 38.2. The Hall–Kier alpha value is -1.93. The van der Waals surface area contributed by atoms with Crippen molar-refractivity contribution in [2.75, 3.05) is 6.61 Å². The second-order valence-electron chi connectivity index (χ2n) is 11.7. The molecule has 3 fully saturated rings. The van der Waals surface area contributed by atoms with Gasteiger partial charge in [0.15, 0.2) is 17.1 Å². The average molecular weight is 509 g/mol. The third kappa shape index (κ3) is 3.35. The molecule has 0 aliphatic heterocycles. The lowest BCUT2D eigenvalue weighted by Crippen LogP contribution is -2.70. The van der Waals surface area contributed by atoms with Crippen molar-refractivity contribution in [3.63, 3.8) is 0 Å². The number of hydrogen-bond acceptors (Lipinski definition) is 6. The molecule has 200 valence electrons. The lowest BCUT2D eigenvalue weighted by Gasteiger charge is -2.62. The number of hydrogen-bond donors (Lipinski definition) is 2. The third-order valence-electron chi connectivity index (χ3n) is 10.1. The molecule has 4 aliphatic rings. The number of rotatable bonds is 7. The summed E-state index contributed by atoms with van der Waals surface area (Å²) in [5.41, 5.74) is -6.54. The van der Waals surface area contributed by atoms with Crippen LogP contribution in [0.4, 0.5) is 8.78 Å². The molecule has 8 heteroatoms. The number of allylic oxidation sites excluding steroid dienone is 4. The van der Waals surface area contributed by atoms with Crippen LogP contribution >= 0.6 is 0 Å². The maximum atomic E-state index is 17.3. The van der Waals surface area contributed by atoms with E-state index in [0.717, 1.165) is 18.9 Å². The van der Waals surface area contributed by atoms with Crippen molar-refractivity contribution in [2.24, 2.45) is 28.6 Å². The predicted octanol–water partition coefficient (Wildman–Crippen LogP) is 4.32. The zero-order valence-corrected chi connectivity index (χ0v) is 21.6. The van der Waals surface area contributed by atoms with E-state index in [-0.39, 0.29) is 31.3 Å². The maximum absolute atomic E-state index is 17.3. The predicted molar refractivity (Wildman–Crippen MR) is 128 cm³/mol. The number of carbonyl (C=O) groups is 3. The highest BCUT2D eigenvalue weighted by Crippen LogP contribution is 2.71. The van der Waals surface area contributed by atoms with Crippen molar-refractivity contribution in [3.05, 3.63) is 23.6 Å². The van der Waals surface area contributed by atoms with E-state index in [0.29, 0.717) is 12.8 Å². The first-order valence-corrected chi connectivity index (χ1v) is 13.2. The van der Waals surface area contributed by atoms with Crippen molar-refractivity contribution >= 4 is 17.5 Å². The zero-order valence-electron chi connectivity index (χ0n) is 21.6. The highest BCUT2D eigenvalue weighted by molar-refractivity contribution is 6.04. The first-order valence-electron chi connectivity index (χ1n) is 13.2. The minimum absolute atomic E-state index is 0.0718. The Kier molecular flexibility index (Phi) is 6.87. The van der Waals surface area contributed by atoms with Crippen LogP contribution in [0, 0.1) is 28.6 Å². The van der Waals surface area contributed by atoms with E-state index in [4.69, 9.17) is 4.74 Å². The fraction of sp³-hybridized carbons (Fsp3) is 0.750. The van der Waals surface area contributed by atoms with Gasteiger partial charge >= 0.3 is 5.97 Å². The molecule has 0 aromatic rings. The van der Waals surface area contributed by atoms with E-state index in [1.807, 2.05) is 6.92 Å². The number of carbonyl (C=O) groups excluding carboxylic acids is 3. The summed E-state index contributed by atoms with van der Waals surface area (Å²) >= 11 is 0. The number of aliphatic hydroxyl groups excluding tert-OH is 2. The molecule has 0 aromatic carbocycles. The largest absolute Gasteiger partial charge is 0.450 e. The number of halogens is 2. The van der Waals surface area contributed by atoms with E-state index in [1.54, 1.807) is 13.8 Å². The number of fused-ring (bicyclic) bond motifs is 5. The fourth-order valence-corrected chi connectivity index (χ4v) is 8.34. The van der Waals surface area contributed by atoms with Crippen LogP contribution in [0.5, 0.6) is 0 Å². The molecule has 4 rings (SSSR count). The molecule has 3 saturated carbocycles. The molecule has 8 atom stereocenters. The molecular formula is C28H38F2O6. The number of alkyl halides is 1. The van der Waals surface area contributed by atoms with Gasteiger partial charge in [0.05, 0.1) is 6.10 Å². The number of aliphatic hydroxyl groups is 2. The molecule has 0 spiro atoms. The van der Waals surface area contributed by atoms with Crippen molar-refractivity contribution in [3.8, 4) is 0 Å². The van der Waals surface area contributed by atoms with E-state index in [2.05, 4.69) is 0 Å². The number of esters is 1. The van der Waals surface area contributed by atoms with E-state index in [1.165, 1.54) is 13.0 Å². The van der Waals surface area contributed by atoms with Crippen molar-refractivity contribution in [1.82, 2.24) is 0 Å². The van der Waals surface area contributed by atoms with Crippen molar-refractivity contribution < 1.29 is 38.1 Å². The first-order chi connectivity index (χ1) is 16.8. The summed E-state index contributed by atoms with van der Waals surface area (Å²) in [6, 6.07) is 0. The molecule has 0 aromatic heterocycles. The Morgan fingerprint density at radius 2 is 1.92 bits per heavy atom. The summed E-state index contributed by atoms with van der Waals surface area (Å²) in [5, 5.41) is 21.4. The van der Waals surface area contributed by atoms with Crippen LogP contribution in [-0.2, 0) is 19.1 Å². The third-order valence-corrected chi connectivity index (χ3v) is 10.1. The van der Waals surface area contributed by atoms with Gasteiger partial charge in [-0.3, -0.25) is 14.4 Å². The molecule has 2 N–H and O–H groups in total. The van der Waals surface area contributed by atoms with E-state index in [9.17, 15) is 29.0 Å². The van der Waals surface area contributed by atoms with Gasteiger partial charge in [0.1, 0.15) is 6.61 Å². The number of ketones is 2. The smallest absolute Gasteiger partial charge is 0.306 e. The van der Waals surface area contributed by atoms with Gasteiger partial charge in [0.2, 0.25) is 11.6 Å². The van der Waals surface area contributed by atoms with Gasteiger partial charge in [-0.2, -0.15) is 0 Å². The lowest BCUT2D eigenvalue weighted by atomic mass is 9.44. The normalized spacial score (nSPS) is 43.6. The topological polar surface area (TPSA) is 101 Å². The second kappa shape index (κ2) is 9.12. The summed E-state index contributed by atoms with van der Waals surface area (Å²) in [7, 11) is 0. The van der Waals surface area contributed by atoms with Gasteiger partial charge in [0.25, 0.3) is 0 Å². The molecule has 0 bridgehead atoms. The molecular weight excluding hydrogens is 470 g/mol. The van der Waals surface area contributed by atoms with E-state index < -0.39 is 75.9 Å². The minimum Gasteiger partial charge on any atom is -0.450 e. The van der Waals surface area contributed by atoms with Crippen LogP contribution in [0.25, 0.3) is 0 Å². The summed E-state index contributed by atoms with van der Waals surface area (Å²) in [5.74, 6) is -4.67. The highest BCUT2D eigenvalue weighted by Gasteiger charge is 2.77. The van der Waals surface area contributed by atoms with Crippen molar-refractivity contribution in [1.29, 1.82) is 0 Å². The van der Waals surface area contributed by atoms with Crippen LogP contribution in [0.3, 0.4) is 0 Å². The molecule has 0 heterocycles. The fourth-order valence-electron chi connectivity index (χ4n) is 8.34. The van der Waals surface area contributed by atoms with Crippen LogP contribution in [0.1, 0.15) is 79.1 Å². The van der Waals surface area contributed by atoms with E-state index >= 15 is 4.39 Å². The summed E-state index contributed by atoms with van der Waals surface area (Å²) in [6.45, 7) is 6.23. The quantitative estimate of drug-likeness (QED) is 0.392. The number of unbranched alkanes of at least 4 members (excludes halogenated alkanes) is 2. The summed E-state index contributed by atoms with van der Waals surface area (Å²) in [4.78, 5) is 38.3. The Bertz CT molecular complexity index is 1020. The SMILES string of the molecule is CCCCCC(=O)O[C@@]1(C(=O)CO)[C@H](C)C[C@H]2[C@@H]3CCC4=C(F)C(=O)C=C[C@]4(C)[C@@]3(F)[C@@H](O)C[C@@]21C. The van der Waals surface area contributed by atoms with Crippen LogP contribution in [0.2, 0.25) is 0 Å². The number of Topliss-reactive ketones (excluding diaryl/α,β-unsaturated/α-hetero) is 1.